The highest BCUT2D eigenvalue weighted by Gasteiger charge is 2.16. The monoisotopic (exact) mass is 264 g/mol. The van der Waals surface area contributed by atoms with E-state index in [4.69, 9.17) is 0 Å². The number of benzene rings is 1. The molecule has 0 bridgehead atoms. The SMILES string of the molecule is CCNC(C)c1ccc(N(C)CC(C)(C)C)cc1O. The number of rotatable bonds is 5. The molecular formula is C16H28N2O. The van der Waals surface area contributed by atoms with Crippen LogP contribution in [0.1, 0.15) is 46.2 Å². The molecule has 1 aromatic rings. The van der Waals surface area contributed by atoms with Crippen LogP contribution in [0.15, 0.2) is 18.2 Å². The van der Waals surface area contributed by atoms with Crippen LogP contribution in [0.25, 0.3) is 0 Å². The van der Waals surface area contributed by atoms with Crippen molar-refractivity contribution in [1.29, 1.82) is 0 Å². The third-order valence-corrected chi connectivity index (χ3v) is 3.14. The summed E-state index contributed by atoms with van der Waals surface area (Å²) in [6.07, 6.45) is 0. The average Bonchev–Trinajstić information content (AvgIpc) is 2.26. The summed E-state index contributed by atoms with van der Waals surface area (Å²) in [5, 5.41) is 13.5. The second kappa shape index (κ2) is 6.29. The fourth-order valence-corrected chi connectivity index (χ4v) is 2.35. The number of hydrogen-bond acceptors (Lipinski definition) is 3. The zero-order chi connectivity index (χ0) is 14.6. The standard InChI is InChI=1S/C16H28N2O/c1-7-17-12(2)14-9-8-13(10-15(14)19)18(6)11-16(3,4)5/h8-10,12,17,19H,7,11H2,1-6H3. The molecular weight excluding hydrogens is 236 g/mol. The van der Waals surface area contributed by atoms with Gasteiger partial charge in [-0.2, -0.15) is 0 Å². The van der Waals surface area contributed by atoms with Gasteiger partial charge in [-0.15, -0.1) is 0 Å². The van der Waals surface area contributed by atoms with Gasteiger partial charge in [0.1, 0.15) is 5.75 Å². The molecule has 0 saturated carbocycles. The highest BCUT2D eigenvalue weighted by molar-refractivity contribution is 5.53. The first-order valence-electron chi connectivity index (χ1n) is 7.02. The summed E-state index contributed by atoms with van der Waals surface area (Å²) in [6, 6.07) is 6.12. The molecule has 0 aliphatic heterocycles. The molecule has 1 atom stereocenters. The molecule has 0 aromatic heterocycles. The smallest absolute Gasteiger partial charge is 0.122 e. The molecule has 0 saturated heterocycles. The van der Waals surface area contributed by atoms with Gasteiger partial charge in [0.05, 0.1) is 0 Å². The van der Waals surface area contributed by atoms with Crippen molar-refractivity contribution in [2.75, 3.05) is 25.0 Å². The lowest BCUT2D eigenvalue weighted by Gasteiger charge is -2.28. The lowest BCUT2D eigenvalue weighted by molar-refractivity contribution is 0.418. The van der Waals surface area contributed by atoms with Crippen molar-refractivity contribution in [3.05, 3.63) is 23.8 Å². The van der Waals surface area contributed by atoms with Gasteiger partial charge in [-0.3, -0.25) is 0 Å². The molecule has 0 aliphatic rings. The number of nitrogens with zero attached hydrogens (tertiary/aromatic N) is 1. The molecule has 0 spiro atoms. The minimum atomic E-state index is 0.173. The van der Waals surface area contributed by atoms with Crippen molar-refractivity contribution in [1.82, 2.24) is 5.32 Å². The van der Waals surface area contributed by atoms with Crippen molar-refractivity contribution in [3.8, 4) is 5.75 Å². The van der Waals surface area contributed by atoms with Crippen LogP contribution in [0.5, 0.6) is 5.75 Å². The Morgan fingerprint density at radius 1 is 1.32 bits per heavy atom. The normalized spacial score (nSPS) is 13.4. The highest BCUT2D eigenvalue weighted by atomic mass is 16.3. The van der Waals surface area contributed by atoms with Gasteiger partial charge in [-0.25, -0.2) is 0 Å². The van der Waals surface area contributed by atoms with Gasteiger partial charge in [-0.1, -0.05) is 33.8 Å². The van der Waals surface area contributed by atoms with Crippen LogP contribution in [0, 0.1) is 5.41 Å². The summed E-state index contributed by atoms with van der Waals surface area (Å²) < 4.78 is 0. The fourth-order valence-electron chi connectivity index (χ4n) is 2.35. The minimum absolute atomic E-state index is 0.173. The van der Waals surface area contributed by atoms with Crippen LogP contribution in [0.3, 0.4) is 0 Å². The van der Waals surface area contributed by atoms with E-state index in [0.717, 1.165) is 24.3 Å². The first kappa shape index (κ1) is 15.8. The lowest BCUT2D eigenvalue weighted by Crippen LogP contribution is -2.29. The van der Waals surface area contributed by atoms with Gasteiger partial charge in [0, 0.05) is 37.0 Å². The molecule has 1 unspecified atom stereocenters. The van der Waals surface area contributed by atoms with E-state index in [9.17, 15) is 5.11 Å². The van der Waals surface area contributed by atoms with Crippen molar-refractivity contribution in [3.63, 3.8) is 0 Å². The van der Waals surface area contributed by atoms with Crippen molar-refractivity contribution in [2.45, 2.75) is 40.7 Å². The first-order valence-corrected chi connectivity index (χ1v) is 7.02. The Morgan fingerprint density at radius 3 is 2.42 bits per heavy atom. The number of aromatic hydroxyl groups is 1. The van der Waals surface area contributed by atoms with Crippen molar-refractivity contribution >= 4 is 5.69 Å². The minimum Gasteiger partial charge on any atom is -0.508 e. The summed E-state index contributed by atoms with van der Waals surface area (Å²) in [5.41, 5.74) is 2.25. The van der Waals surface area contributed by atoms with E-state index in [1.165, 1.54) is 0 Å². The van der Waals surface area contributed by atoms with Crippen LogP contribution in [0.2, 0.25) is 0 Å². The Morgan fingerprint density at radius 2 is 1.95 bits per heavy atom. The molecule has 0 aliphatic carbocycles. The van der Waals surface area contributed by atoms with Crippen molar-refractivity contribution in [2.24, 2.45) is 5.41 Å². The van der Waals surface area contributed by atoms with Crippen LogP contribution in [0.4, 0.5) is 5.69 Å². The summed E-state index contributed by atoms with van der Waals surface area (Å²) in [5.74, 6) is 0.367. The van der Waals surface area contributed by atoms with Gasteiger partial charge in [0.2, 0.25) is 0 Å². The molecule has 1 aromatic carbocycles. The maximum Gasteiger partial charge on any atom is 0.122 e. The largest absolute Gasteiger partial charge is 0.508 e. The second-order valence-electron chi connectivity index (χ2n) is 6.44. The Hall–Kier alpha value is -1.22. The maximum atomic E-state index is 10.2. The quantitative estimate of drug-likeness (QED) is 0.854. The molecule has 0 heterocycles. The highest BCUT2D eigenvalue weighted by Crippen LogP contribution is 2.29. The second-order valence-corrected chi connectivity index (χ2v) is 6.44. The predicted octanol–water partition coefficient (Wildman–Crippen LogP) is 3.55. The van der Waals surface area contributed by atoms with Crippen LogP contribution in [-0.4, -0.2) is 25.2 Å². The fraction of sp³-hybridized carbons (Fsp3) is 0.625. The molecule has 3 heteroatoms. The maximum absolute atomic E-state index is 10.2. The Labute approximate surface area is 117 Å². The average molecular weight is 264 g/mol. The molecule has 108 valence electrons. The van der Waals surface area contributed by atoms with Crippen LogP contribution < -0.4 is 10.2 Å². The molecule has 0 radical (unpaired) electrons. The summed E-state index contributed by atoms with van der Waals surface area (Å²) in [6.45, 7) is 12.6. The molecule has 2 N–H and O–H groups in total. The molecule has 0 amide bonds. The number of anilines is 1. The Balaban J connectivity index is 2.87. The van der Waals surface area contributed by atoms with Crippen LogP contribution in [-0.2, 0) is 0 Å². The number of nitrogens with one attached hydrogen (secondary N) is 1. The molecule has 1 rings (SSSR count). The predicted molar refractivity (Wildman–Crippen MR) is 82.9 cm³/mol. The summed E-state index contributed by atoms with van der Waals surface area (Å²) in [7, 11) is 2.06. The Kier molecular flexibility index (Phi) is 5.24. The number of phenols is 1. The van der Waals surface area contributed by atoms with E-state index in [2.05, 4.69) is 57.9 Å². The number of hydrogen-bond donors (Lipinski definition) is 2. The molecule has 19 heavy (non-hydrogen) atoms. The van der Waals surface area contributed by atoms with Gasteiger partial charge < -0.3 is 15.3 Å². The van der Waals surface area contributed by atoms with Gasteiger partial charge >= 0.3 is 0 Å². The molecule has 3 nitrogen and oxygen atoms in total. The summed E-state index contributed by atoms with van der Waals surface area (Å²) in [4.78, 5) is 2.18. The lowest BCUT2D eigenvalue weighted by atomic mass is 9.96. The topological polar surface area (TPSA) is 35.5 Å². The van der Waals surface area contributed by atoms with Gasteiger partial charge in [0.15, 0.2) is 0 Å². The van der Waals surface area contributed by atoms with Crippen LogP contribution >= 0.6 is 0 Å². The zero-order valence-electron chi connectivity index (χ0n) is 13.1. The van der Waals surface area contributed by atoms with E-state index >= 15 is 0 Å². The van der Waals surface area contributed by atoms with E-state index in [-0.39, 0.29) is 11.5 Å². The zero-order valence-corrected chi connectivity index (χ0v) is 13.1. The van der Waals surface area contributed by atoms with Crippen molar-refractivity contribution < 1.29 is 5.11 Å². The first-order chi connectivity index (χ1) is 8.74. The van der Waals surface area contributed by atoms with E-state index in [0.29, 0.717) is 5.75 Å². The van der Waals surface area contributed by atoms with E-state index < -0.39 is 0 Å². The van der Waals surface area contributed by atoms with Gasteiger partial charge in [-0.05, 0) is 24.9 Å². The Bertz CT molecular complexity index is 410. The number of phenolic OH excluding ortho intramolecular Hbond substituents is 1. The van der Waals surface area contributed by atoms with E-state index in [1.54, 1.807) is 0 Å². The van der Waals surface area contributed by atoms with Gasteiger partial charge in [0.25, 0.3) is 0 Å². The third-order valence-electron chi connectivity index (χ3n) is 3.14. The van der Waals surface area contributed by atoms with E-state index in [1.807, 2.05) is 12.1 Å². The third kappa shape index (κ3) is 4.75. The summed E-state index contributed by atoms with van der Waals surface area (Å²) >= 11 is 0. The molecule has 0 fully saturated rings.